The summed E-state index contributed by atoms with van der Waals surface area (Å²) in [7, 11) is 0. The van der Waals surface area contributed by atoms with E-state index in [2.05, 4.69) is 31.4 Å². The standard InChI is InChI=1S/C21H18FN9/c1-12-13(8-23)3-2-4-17(12)18-7-19(26-21(24)25-18)20-11-30(29-27-20)10-15-6-16-5-14(22)9-31(16)28-15/h2-4,6-7,11,14H,5,9-10H2,1H3,(H2,24,25,26)/t14-/m0/s1. The van der Waals surface area contributed by atoms with Crippen LogP contribution in [0.25, 0.3) is 22.6 Å². The van der Waals surface area contributed by atoms with Gasteiger partial charge in [-0.05, 0) is 30.7 Å². The number of alkyl halides is 1. The molecule has 0 fully saturated rings. The molecule has 9 nitrogen and oxygen atoms in total. The molecule has 0 saturated heterocycles. The molecule has 1 atom stereocenters. The Morgan fingerprint density at radius 2 is 2.06 bits per heavy atom. The van der Waals surface area contributed by atoms with E-state index in [1.165, 1.54) is 0 Å². The molecule has 31 heavy (non-hydrogen) atoms. The molecule has 154 valence electrons. The fourth-order valence-corrected chi connectivity index (χ4v) is 3.82. The first-order chi connectivity index (χ1) is 15.0. The van der Waals surface area contributed by atoms with Gasteiger partial charge < -0.3 is 5.73 Å². The lowest BCUT2D eigenvalue weighted by atomic mass is 10.00. The van der Waals surface area contributed by atoms with Crippen LogP contribution in [0.3, 0.4) is 0 Å². The minimum Gasteiger partial charge on any atom is -0.368 e. The van der Waals surface area contributed by atoms with Gasteiger partial charge in [0.25, 0.3) is 0 Å². The van der Waals surface area contributed by atoms with Crippen molar-refractivity contribution in [2.24, 2.45) is 0 Å². The molecule has 5 rings (SSSR count). The maximum absolute atomic E-state index is 13.4. The number of hydrogen-bond acceptors (Lipinski definition) is 7. The third-order valence-corrected chi connectivity index (χ3v) is 5.31. The normalized spacial score (nSPS) is 15.1. The van der Waals surface area contributed by atoms with E-state index >= 15 is 0 Å². The molecule has 0 amide bonds. The van der Waals surface area contributed by atoms with Crippen molar-refractivity contribution in [3.63, 3.8) is 0 Å². The molecule has 10 heteroatoms. The average molecular weight is 415 g/mol. The molecular weight excluding hydrogens is 397 g/mol. The van der Waals surface area contributed by atoms with Crippen LogP contribution in [0, 0.1) is 18.3 Å². The van der Waals surface area contributed by atoms with Crippen LogP contribution in [-0.2, 0) is 19.5 Å². The minimum absolute atomic E-state index is 0.107. The predicted molar refractivity (Wildman–Crippen MR) is 110 cm³/mol. The van der Waals surface area contributed by atoms with E-state index in [0.717, 1.165) is 22.5 Å². The number of fused-ring (bicyclic) bond motifs is 1. The number of nitrogens with zero attached hydrogens (tertiary/aromatic N) is 8. The molecule has 1 aliphatic rings. The third-order valence-electron chi connectivity index (χ3n) is 5.31. The summed E-state index contributed by atoms with van der Waals surface area (Å²) in [6.45, 7) is 2.59. The van der Waals surface area contributed by atoms with Crippen LogP contribution in [0.2, 0.25) is 0 Å². The zero-order valence-corrected chi connectivity index (χ0v) is 16.7. The van der Waals surface area contributed by atoms with Crippen molar-refractivity contribution in [2.45, 2.75) is 32.6 Å². The lowest BCUT2D eigenvalue weighted by Crippen LogP contribution is -2.06. The molecule has 4 heterocycles. The monoisotopic (exact) mass is 415 g/mol. The number of anilines is 1. The maximum Gasteiger partial charge on any atom is 0.221 e. The Labute approximate surface area is 177 Å². The first-order valence-corrected chi connectivity index (χ1v) is 9.75. The summed E-state index contributed by atoms with van der Waals surface area (Å²) in [5.74, 6) is 0.107. The van der Waals surface area contributed by atoms with Gasteiger partial charge in [0.15, 0.2) is 0 Å². The Bertz CT molecular complexity index is 1310. The topological polar surface area (TPSA) is 124 Å². The van der Waals surface area contributed by atoms with E-state index in [1.54, 1.807) is 27.7 Å². The number of benzene rings is 1. The molecule has 0 radical (unpaired) electrons. The molecular formula is C21H18FN9. The molecule has 2 N–H and O–H groups in total. The van der Waals surface area contributed by atoms with Crippen molar-refractivity contribution >= 4 is 5.95 Å². The van der Waals surface area contributed by atoms with Gasteiger partial charge in [0.2, 0.25) is 5.95 Å². The summed E-state index contributed by atoms with van der Waals surface area (Å²) in [4.78, 5) is 8.63. The summed E-state index contributed by atoms with van der Waals surface area (Å²) in [5, 5.41) is 22.1. The molecule has 0 unspecified atom stereocenters. The molecule has 1 aliphatic heterocycles. The Morgan fingerprint density at radius 3 is 2.87 bits per heavy atom. The highest BCUT2D eigenvalue weighted by Gasteiger charge is 2.23. The number of nitrogen functional groups attached to an aromatic ring is 1. The molecule has 1 aromatic carbocycles. The highest BCUT2D eigenvalue weighted by Crippen LogP contribution is 2.27. The number of nitrogens with two attached hydrogens (primary N) is 1. The number of aromatic nitrogens is 7. The quantitative estimate of drug-likeness (QED) is 0.542. The largest absolute Gasteiger partial charge is 0.368 e. The zero-order valence-electron chi connectivity index (χ0n) is 16.7. The molecule has 3 aromatic heterocycles. The Balaban J connectivity index is 1.44. The Hall–Kier alpha value is -4.13. The Morgan fingerprint density at radius 1 is 1.23 bits per heavy atom. The van der Waals surface area contributed by atoms with E-state index < -0.39 is 6.17 Å². The van der Waals surface area contributed by atoms with Crippen molar-refractivity contribution in [1.82, 2.24) is 34.7 Å². The van der Waals surface area contributed by atoms with Gasteiger partial charge in [-0.3, -0.25) is 4.68 Å². The zero-order chi connectivity index (χ0) is 21.5. The average Bonchev–Trinajstić information content (AvgIpc) is 3.43. The van der Waals surface area contributed by atoms with Crippen molar-refractivity contribution in [3.8, 4) is 28.7 Å². The Kier molecular flexibility index (Phi) is 4.43. The van der Waals surface area contributed by atoms with E-state index in [-0.39, 0.29) is 5.95 Å². The van der Waals surface area contributed by atoms with Crippen molar-refractivity contribution in [3.05, 3.63) is 59.0 Å². The van der Waals surface area contributed by atoms with Crippen LogP contribution < -0.4 is 5.73 Å². The summed E-state index contributed by atoms with van der Waals surface area (Å²) in [6.07, 6.45) is 1.29. The lowest BCUT2D eigenvalue weighted by Gasteiger charge is -2.08. The van der Waals surface area contributed by atoms with Gasteiger partial charge in [0.05, 0.1) is 48.0 Å². The van der Waals surface area contributed by atoms with Crippen molar-refractivity contribution in [2.75, 3.05) is 5.73 Å². The van der Waals surface area contributed by atoms with Crippen LogP contribution >= 0.6 is 0 Å². The van der Waals surface area contributed by atoms with Crippen LogP contribution in [0.5, 0.6) is 0 Å². The second-order valence-corrected chi connectivity index (χ2v) is 7.50. The third kappa shape index (κ3) is 3.50. The smallest absolute Gasteiger partial charge is 0.221 e. The van der Waals surface area contributed by atoms with Crippen molar-refractivity contribution < 1.29 is 4.39 Å². The molecule has 4 aromatic rings. The van der Waals surface area contributed by atoms with E-state index in [0.29, 0.717) is 42.2 Å². The molecule has 0 spiro atoms. The van der Waals surface area contributed by atoms with Crippen LogP contribution in [0.15, 0.2) is 36.5 Å². The second kappa shape index (κ2) is 7.28. The number of rotatable bonds is 4. The van der Waals surface area contributed by atoms with Crippen LogP contribution in [-0.4, -0.2) is 40.9 Å². The van der Waals surface area contributed by atoms with Gasteiger partial charge in [-0.25, -0.2) is 19.0 Å². The van der Waals surface area contributed by atoms with E-state index in [1.807, 2.05) is 25.1 Å². The predicted octanol–water partition coefficient (Wildman–Crippen LogP) is 2.30. The van der Waals surface area contributed by atoms with Gasteiger partial charge in [-0.1, -0.05) is 17.3 Å². The SMILES string of the molecule is Cc1c(C#N)cccc1-c1cc(-c2cn(Cc3cc4n(n3)C[C@@H](F)C4)nn2)nc(N)n1. The van der Waals surface area contributed by atoms with Crippen molar-refractivity contribution in [1.29, 1.82) is 5.26 Å². The van der Waals surface area contributed by atoms with Gasteiger partial charge in [-0.15, -0.1) is 5.10 Å². The highest BCUT2D eigenvalue weighted by atomic mass is 19.1. The lowest BCUT2D eigenvalue weighted by molar-refractivity contribution is 0.321. The van der Waals surface area contributed by atoms with Gasteiger partial charge in [0.1, 0.15) is 11.9 Å². The minimum atomic E-state index is -0.857. The van der Waals surface area contributed by atoms with E-state index in [4.69, 9.17) is 5.73 Å². The second-order valence-electron chi connectivity index (χ2n) is 7.50. The first-order valence-electron chi connectivity index (χ1n) is 9.75. The van der Waals surface area contributed by atoms with Crippen LogP contribution in [0.1, 0.15) is 22.5 Å². The van der Waals surface area contributed by atoms with Crippen LogP contribution in [0.4, 0.5) is 10.3 Å². The summed E-state index contributed by atoms with van der Waals surface area (Å²) in [6, 6.07) is 11.3. The summed E-state index contributed by atoms with van der Waals surface area (Å²) >= 11 is 0. The van der Waals surface area contributed by atoms with Gasteiger partial charge >= 0.3 is 0 Å². The molecule has 0 bridgehead atoms. The fraction of sp³-hybridized carbons (Fsp3) is 0.238. The fourth-order valence-electron chi connectivity index (χ4n) is 3.82. The maximum atomic E-state index is 13.4. The summed E-state index contributed by atoms with van der Waals surface area (Å²) in [5.41, 5.74) is 11.5. The number of nitriles is 1. The van der Waals surface area contributed by atoms with Gasteiger partial charge in [0, 0.05) is 17.7 Å². The molecule has 0 saturated carbocycles. The molecule has 0 aliphatic carbocycles. The number of halogens is 1. The summed E-state index contributed by atoms with van der Waals surface area (Å²) < 4.78 is 16.8. The first kappa shape index (κ1) is 18.9. The van der Waals surface area contributed by atoms with Gasteiger partial charge in [-0.2, -0.15) is 10.4 Å². The van der Waals surface area contributed by atoms with E-state index in [9.17, 15) is 9.65 Å². The highest BCUT2D eigenvalue weighted by molar-refractivity contribution is 5.71. The number of hydrogen-bond donors (Lipinski definition) is 1.